The summed E-state index contributed by atoms with van der Waals surface area (Å²) in [5, 5.41) is 1.12. The van der Waals surface area contributed by atoms with E-state index >= 15 is 0 Å². The van der Waals surface area contributed by atoms with Gasteiger partial charge in [0.2, 0.25) is 0 Å². The molecule has 0 radical (unpaired) electrons. The molecule has 0 saturated carbocycles. The lowest BCUT2D eigenvalue weighted by Crippen LogP contribution is -2.48. The SMILES string of the molecule is CC#CC(=O)N1CCN(c2cccc(Cl)c2Cl)CC1. The van der Waals surface area contributed by atoms with Gasteiger partial charge in [-0.25, -0.2) is 0 Å². The Kier molecular flexibility index (Phi) is 4.57. The van der Waals surface area contributed by atoms with Crippen LogP contribution in [-0.4, -0.2) is 37.0 Å². The number of benzene rings is 1. The molecule has 1 aromatic rings. The van der Waals surface area contributed by atoms with Crippen LogP contribution >= 0.6 is 23.2 Å². The molecule has 1 heterocycles. The van der Waals surface area contributed by atoms with E-state index < -0.39 is 0 Å². The smallest absolute Gasteiger partial charge is 0.298 e. The summed E-state index contributed by atoms with van der Waals surface area (Å²) in [6.07, 6.45) is 0. The summed E-state index contributed by atoms with van der Waals surface area (Å²) in [6.45, 7) is 4.43. The van der Waals surface area contributed by atoms with Crippen LogP contribution in [-0.2, 0) is 4.79 Å². The standard InChI is InChI=1S/C14H14Cl2N2O/c1-2-4-13(19)18-9-7-17(8-10-18)12-6-3-5-11(15)14(12)16/h3,5-6H,7-10H2,1H3. The highest BCUT2D eigenvalue weighted by molar-refractivity contribution is 6.43. The van der Waals surface area contributed by atoms with E-state index in [1.807, 2.05) is 12.1 Å². The Hall–Kier alpha value is -1.37. The Labute approximate surface area is 123 Å². The van der Waals surface area contributed by atoms with Gasteiger partial charge in [0, 0.05) is 26.2 Å². The van der Waals surface area contributed by atoms with E-state index in [-0.39, 0.29) is 5.91 Å². The van der Waals surface area contributed by atoms with Gasteiger partial charge in [0.15, 0.2) is 0 Å². The lowest BCUT2D eigenvalue weighted by molar-refractivity contribution is -0.125. The number of rotatable bonds is 1. The first-order valence-corrected chi connectivity index (χ1v) is 6.79. The normalized spacial score (nSPS) is 14.9. The third kappa shape index (κ3) is 3.15. The van der Waals surface area contributed by atoms with Crippen molar-refractivity contribution in [2.24, 2.45) is 0 Å². The fraction of sp³-hybridized carbons (Fsp3) is 0.357. The Balaban J connectivity index is 2.05. The lowest BCUT2D eigenvalue weighted by atomic mass is 10.2. The molecule has 3 nitrogen and oxygen atoms in total. The number of carbonyl (C=O) groups is 1. The molecule has 0 aromatic heterocycles. The van der Waals surface area contributed by atoms with Crippen LogP contribution in [0, 0.1) is 11.8 Å². The molecule has 1 fully saturated rings. The minimum Gasteiger partial charge on any atom is -0.367 e. The molecule has 2 rings (SSSR count). The fourth-order valence-corrected chi connectivity index (χ4v) is 2.49. The molecule has 1 aliphatic rings. The van der Waals surface area contributed by atoms with Gasteiger partial charge in [0.1, 0.15) is 0 Å². The Morgan fingerprint density at radius 3 is 2.53 bits per heavy atom. The first kappa shape index (κ1) is 14.0. The summed E-state index contributed by atoms with van der Waals surface area (Å²) in [5.74, 6) is 5.08. The number of amides is 1. The average Bonchev–Trinajstić information content (AvgIpc) is 2.42. The Morgan fingerprint density at radius 1 is 1.21 bits per heavy atom. The zero-order valence-electron chi connectivity index (χ0n) is 10.6. The summed E-state index contributed by atoms with van der Waals surface area (Å²) in [7, 11) is 0. The summed E-state index contributed by atoms with van der Waals surface area (Å²) >= 11 is 12.2. The number of halogens is 2. The first-order chi connectivity index (χ1) is 9.13. The molecule has 0 bridgehead atoms. The molecule has 0 spiro atoms. The molecule has 0 N–H and O–H groups in total. The third-order valence-corrected chi connectivity index (χ3v) is 3.88. The van der Waals surface area contributed by atoms with E-state index in [1.54, 1.807) is 17.9 Å². The fourth-order valence-electron chi connectivity index (χ4n) is 2.07. The number of hydrogen-bond acceptors (Lipinski definition) is 2. The zero-order valence-corrected chi connectivity index (χ0v) is 12.1. The number of piperazine rings is 1. The molecular formula is C14H14Cl2N2O. The minimum absolute atomic E-state index is 0.112. The van der Waals surface area contributed by atoms with Crippen LogP contribution in [0.5, 0.6) is 0 Å². The van der Waals surface area contributed by atoms with Gasteiger partial charge in [-0.05, 0) is 25.0 Å². The molecule has 0 aliphatic carbocycles. The highest BCUT2D eigenvalue weighted by atomic mass is 35.5. The maximum Gasteiger partial charge on any atom is 0.298 e. The molecule has 1 aromatic carbocycles. The van der Waals surface area contributed by atoms with Crippen molar-refractivity contribution in [1.82, 2.24) is 4.90 Å². The average molecular weight is 297 g/mol. The predicted molar refractivity (Wildman–Crippen MR) is 78.7 cm³/mol. The third-order valence-electron chi connectivity index (χ3n) is 3.07. The predicted octanol–water partition coefficient (Wildman–Crippen LogP) is 2.67. The Bertz CT molecular complexity index is 540. The molecule has 5 heteroatoms. The molecular weight excluding hydrogens is 283 g/mol. The van der Waals surface area contributed by atoms with Gasteiger partial charge >= 0.3 is 0 Å². The lowest BCUT2D eigenvalue weighted by Gasteiger charge is -2.35. The topological polar surface area (TPSA) is 23.6 Å². The highest BCUT2D eigenvalue weighted by Crippen LogP contribution is 2.32. The molecule has 100 valence electrons. The van der Waals surface area contributed by atoms with Crippen LogP contribution in [0.25, 0.3) is 0 Å². The summed E-state index contributed by atoms with van der Waals surface area (Å²) in [6, 6.07) is 5.59. The second-order valence-electron chi connectivity index (χ2n) is 4.23. The first-order valence-electron chi connectivity index (χ1n) is 6.04. The van der Waals surface area contributed by atoms with Crippen molar-refractivity contribution in [3.05, 3.63) is 28.2 Å². The number of hydrogen-bond donors (Lipinski definition) is 0. The van der Waals surface area contributed by atoms with Gasteiger partial charge in [0.05, 0.1) is 15.7 Å². The number of nitrogens with zero attached hydrogens (tertiary/aromatic N) is 2. The van der Waals surface area contributed by atoms with Crippen molar-refractivity contribution < 1.29 is 4.79 Å². The van der Waals surface area contributed by atoms with Crippen molar-refractivity contribution in [3.63, 3.8) is 0 Å². The van der Waals surface area contributed by atoms with Crippen LogP contribution in [0.4, 0.5) is 5.69 Å². The molecule has 1 saturated heterocycles. The van der Waals surface area contributed by atoms with E-state index in [9.17, 15) is 4.79 Å². The second kappa shape index (κ2) is 6.18. The van der Waals surface area contributed by atoms with Crippen molar-refractivity contribution in [2.75, 3.05) is 31.1 Å². The maximum atomic E-state index is 11.6. The van der Waals surface area contributed by atoms with Crippen molar-refractivity contribution in [2.45, 2.75) is 6.92 Å². The largest absolute Gasteiger partial charge is 0.367 e. The number of anilines is 1. The minimum atomic E-state index is -0.112. The van der Waals surface area contributed by atoms with E-state index in [0.717, 1.165) is 18.8 Å². The van der Waals surface area contributed by atoms with Gasteiger partial charge in [-0.1, -0.05) is 35.2 Å². The van der Waals surface area contributed by atoms with Crippen molar-refractivity contribution in [3.8, 4) is 11.8 Å². The van der Waals surface area contributed by atoms with Crippen LogP contribution in [0.15, 0.2) is 18.2 Å². The van der Waals surface area contributed by atoms with Crippen LogP contribution in [0.3, 0.4) is 0 Å². The maximum absolute atomic E-state index is 11.6. The monoisotopic (exact) mass is 296 g/mol. The molecule has 0 unspecified atom stereocenters. The van der Waals surface area contributed by atoms with Gasteiger partial charge in [-0.15, -0.1) is 0 Å². The van der Waals surface area contributed by atoms with Crippen LogP contribution in [0.2, 0.25) is 10.0 Å². The van der Waals surface area contributed by atoms with Crippen molar-refractivity contribution in [1.29, 1.82) is 0 Å². The van der Waals surface area contributed by atoms with E-state index in [2.05, 4.69) is 16.7 Å². The summed E-state index contributed by atoms with van der Waals surface area (Å²) < 4.78 is 0. The van der Waals surface area contributed by atoms with E-state index in [0.29, 0.717) is 23.1 Å². The Morgan fingerprint density at radius 2 is 1.89 bits per heavy atom. The zero-order chi connectivity index (χ0) is 13.8. The van der Waals surface area contributed by atoms with Gasteiger partial charge in [-0.3, -0.25) is 4.79 Å². The van der Waals surface area contributed by atoms with Crippen LogP contribution in [0.1, 0.15) is 6.92 Å². The summed E-state index contributed by atoms with van der Waals surface area (Å²) in [5.41, 5.74) is 0.919. The molecule has 1 aliphatic heterocycles. The highest BCUT2D eigenvalue weighted by Gasteiger charge is 2.21. The molecule has 1 amide bonds. The molecule has 0 atom stereocenters. The van der Waals surface area contributed by atoms with E-state index in [1.165, 1.54) is 0 Å². The van der Waals surface area contributed by atoms with E-state index in [4.69, 9.17) is 23.2 Å². The van der Waals surface area contributed by atoms with Gasteiger partial charge in [-0.2, -0.15) is 0 Å². The van der Waals surface area contributed by atoms with Gasteiger partial charge < -0.3 is 9.80 Å². The number of carbonyl (C=O) groups excluding carboxylic acids is 1. The van der Waals surface area contributed by atoms with Crippen molar-refractivity contribution >= 4 is 34.8 Å². The second-order valence-corrected chi connectivity index (χ2v) is 5.01. The van der Waals surface area contributed by atoms with Crippen LogP contribution < -0.4 is 4.90 Å². The van der Waals surface area contributed by atoms with Gasteiger partial charge in [0.25, 0.3) is 5.91 Å². The summed E-state index contributed by atoms with van der Waals surface area (Å²) in [4.78, 5) is 15.5. The quantitative estimate of drug-likeness (QED) is 0.744. The molecule has 19 heavy (non-hydrogen) atoms.